The number of carbonyl (C=O) groups excluding carboxylic acids is 1. The largest absolute Gasteiger partial charge is 0.461 e. The Bertz CT molecular complexity index is 181. The van der Waals surface area contributed by atoms with Gasteiger partial charge in [-0.25, -0.2) is 0 Å². The van der Waals surface area contributed by atoms with Crippen molar-refractivity contribution < 1.29 is 9.53 Å². The van der Waals surface area contributed by atoms with E-state index in [0.717, 1.165) is 6.42 Å². The van der Waals surface area contributed by atoms with Gasteiger partial charge in [0.25, 0.3) is 0 Å². The molecule has 62 valence electrons. The summed E-state index contributed by atoms with van der Waals surface area (Å²) in [5.74, 6) is 0.493. The first-order valence-electron chi connectivity index (χ1n) is 4.11. The summed E-state index contributed by atoms with van der Waals surface area (Å²) >= 11 is 3.55. The summed E-state index contributed by atoms with van der Waals surface area (Å²) in [5.41, 5.74) is 0. The molecule has 1 heterocycles. The number of hydrogen-bond donors (Lipinski definition) is 0. The van der Waals surface area contributed by atoms with Gasteiger partial charge in [-0.1, -0.05) is 22.4 Å². The number of hydrogen-bond acceptors (Lipinski definition) is 2. The van der Waals surface area contributed by atoms with Crippen LogP contribution in [-0.4, -0.2) is 16.9 Å². The number of ether oxygens (including phenoxy) is 1. The molecule has 3 atom stereocenters. The van der Waals surface area contributed by atoms with Gasteiger partial charge in [0.2, 0.25) is 0 Å². The Morgan fingerprint density at radius 1 is 1.45 bits per heavy atom. The number of alkyl halides is 1. The fraction of sp³-hybridized carbons (Fsp3) is 0.875. The molecule has 0 bridgehead atoms. The zero-order chi connectivity index (χ0) is 7.84. The molecule has 2 aliphatic rings. The van der Waals surface area contributed by atoms with E-state index in [4.69, 9.17) is 4.74 Å². The number of rotatable bonds is 0. The second kappa shape index (κ2) is 2.77. The van der Waals surface area contributed by atoms with Gasteiger partial charge in [0.05, 0.1) is 11.2 Å². The number of carbonyl (C=O) groups is 1. The summed E-state index contributed by atoms with van der Waals surface area (Å²) < 4.78 is 5.19. The van der Waals surface area contributed by atoms with Gasteiger partial charge in [-0.2, -0.15) is 0 Å². The Morgan fingerprint density at radius 3 is 3.00 bits per heavy atom. The third kappa shape index (κ3) is 1.31. The second-order valence-corrected chi connectivity index (χ2v) is 4.54. The minimum absolute atomic E-state index is 0.00801. The third-order valence-electron chi connectivity index (χ3n) is 2.57. The maximum absolute atomic E-state index is 10.9. The highest BCUT2D eigenvalue weighted by molar-refractivity contribution is 9.09. The fourth-order valence-electron chi connectivity index (χ4n) is 2.00. The van der Waals surface area contributed by atoms with E-state index < -0.39 is 0 Å². The highest BCUT2D eigenvalue weighted by atomic mass is 79.9. The van der Waals surface area contributed by atoms with E-state index in [0.29, 0.717) is 17.2 Å². The number of fused-ring (bicyclic) bond motifs is 1. The van der Waals surface area contributed by atoms with Gasteiger partial charge in [0.15, 0.2) is 0 Å². The lowest BCUT2D eigenvalue weighted by Gasteiger charge is -2.27. The summed E-state index contributed by atoms with van der Waals surface area (Å²) in [6, 6.07) is 0. The maximum Gasteiger partial charge on any atom is 0.306 e. The van der Waals surface area contributed by atoms with Gasteiger partial charge in [0, 0.05) is 5.92 Å². The first kappa shape index (κ1) is 7.59. The molecule has 0 aromatic heterocycles. The summed E-state index contributed by atoms with van der Waals surface area (Å²) in [4.78, 5) is 11.3. The van der Waals surface area contributed by atoms with Crippen molar-refractivity contribution >= 4 is 21.9 Å². The predicted octanol–water partition coefficient (Wildman–Crippen LogP) is 1.87. The summed E-state index contributed by atoms with van der Waals surface area (Å²) in [5, 5.41) is 0. The fourth-order valence-corrected chi connectivity index (χ4v) is 2.86. The number of esters is 1. The minimum Gasteiger partial charge on any atom is -0.461 e. The second-order valence-electron chi connectivity index (χ2n) is 3.37. The van der Waals surface area contributed by atoms with Gasteiger partial charge in [-0.05, 0) is 12.8 Å². The van der Waals surface area contributed by atoms with E-state index in [1.165, 1.54) is 12.8 Å². The van der Waals surface area contributed by atoms with Crippen molar-refractivity contribution in [2.75, 3.05) is 0 Å². The molecule has 0 aromatic carbocycles. The quantitative estimate of drug-likeness (QED) is 0.459. The topological polar surface area (TPSA) is 26.3 Å². The molecule has 0 spiro atoms. The van der Waals surface area contributed by atoms with Crippen molar-refractivity contribution in [2.45, 2.75) is 36.6 Å². The van der Waals surface area contributed by atoms with E-state index in [9.17, 15) is 4.79 Å². The van der Waals surface area contributed by atoms with Crippen molar-refractivity contribution in [3.8, 4) is 0 Å². The highest BCUT2D eigenvalue weighted by Gasteiger charge is 2.41. The molecule has 2 fully saturated rings. The lowest BCUT2D eigenvalue weighted by atomic mass is 9.86. The average Bonchev–Trinajstić information content (AvgIpc) is 2.31. The van der Waals surface area contributed by atoms with Crippen LogP contribution in [0.2, 0.25) is 0 Å². The summed E-state index contributed by atoms with van der Waals surface area (Å²) in [7, 11) is 0. The Labute approximate surface area is 74.4 Å². The van der Waals surface area contributed by atoms with E-state index in [1.54, 1.807) is 0 Å². The first-order chi connectivity index (χ1) is 5.27. The normalized spacial score (nSPS) is 43.4. The maximum atomic E-state index is 10.9. The molecule has 1 saturated carbocycles. The third-order valence-corrected chi connectivity index (χ3v) is 3.55. The van der Waals surface area contributed by atoms with Crippen LogP contribution in [0.5, 0.6) is 0 Å². The van der Waals surface area contributed by atoms with E-state index in [-0.39, 0.29) is 12.1 Å². The lowest BCUT2D eigenvalue weighted by molar-refractivity contribution is -0.141. The smallest absolute Gasteiger partial charge is 0.306 e. The van der Waals surface area contributed by atoms with Crippen LogP contribution in [0.4, 0.5) is 0 Å². The van der Waals surface area contributed by atoms with Crippen LogP contribution in [0, 0.1) is 5.92 Å². The molecule has 1 saturated heterocycles. The van der Waals surface area contributed by atoms with E-state index in [2.05, 4.69) is 15.9 Å². The molecule has 0 N–H and O–H groups in total. The van der Waals surface area contributed by atoms with Crippen LogP contribution < -0.4 is 0 Å². The van der Waals surface area contributed by atoms with Crippen molar-refractivity contribution in [2.24, 2.45) is 5.92 Å². The zero-order valence-electron chi connectivity index (χ0n) is 6.25. The SMILES string of the molecule is O=C1C[C@H]2CCC[C@H](Br)[C@H]2O1. The highest BCUT2D eigenvalue weighted by Crippen LogP contribution is 2.37. The molecule has 0 unspecified atom stereocenters. The van der Waals surface area contributed by atoms with Crippen molar-refractivity contribution in [1.29, 1.82) is 0 Å². The van der Waals surface area contributed by atoms with Gasteiger partial charge in [0.1, 0.15) is 6.10 Å². The minimum atomic E-state index is -0.00801. The molecule has 1 aliphatic carbocycles. The standard InChI is InChI=1S/C8H11BrO2/c9-6-3-1-2-5-4-7(10)11-8(5)6/h5-6,8H,1-4H2/t5-,6+,8+/m1/s1. The van der Waals surface area contributed by atoms with Gasteiger partial charge in [-0.15, -0.1) is 0 Å². The van der Waals surface area contributed by atoms with Crippen LogP contribution >= 0.6 is 15.9 Å². The molecule has 2 rings (SSSR count). The monoisotopic (exact) mass is 218 g/mol. The molecule has 1 aliphatic heterocycles. The van der Waals surface area contributed by atoms with Gasteiger partial charge in [-0.3, -0.25) is 4.79 Å². The predicted molar refractivity (Wildman–Crippen MR) is 44.6 cm³/mol. The molecule has 11 heavy (non-hydrogen) atoms. The van der Waals surface area contributed by atoms with Crippen LogP contribution in [0.1, 0.15) is 25.7 Å². The molecule has 0 amide bonds. The van der Waals surface area contributed by atoms with Crippen LogP contribution in [-0.2, 0) is 9.53 Å². The molecular weight excluding hydrogens is 208 g/mol. The van der Waals surface area contributed by atoms with Crippen molar-refractivity contribution in [3.63, 3.8) is 0 Å². The van der Waals surface area contributed by atoms with Gasteiger partial charge < -0.3 is 4.74 Å². The Morgan fingerprint density at radius 2 is 2.27 bits per heavy atom. The molecule has 3 heteroatoms. The van der Waals surface area contributed by atoms with Crippen molar-refractivity contribution in [3.05, 3.63) is 0 Å². The Balaban J connectivity index is 2.09. The summed E-state index contributed by atoms with van der Waals surface area (Å²) in [6.07, 6.45) is 4.37. The van der Waals surface area contributed by atoms with E-state index >= 15 is 0 Å². The molecule has 2 nitrogen and oxygen atoms in total. The number of halogens is 1. The van der Waals surface area contributed by atoms with Crippen LogP contribution in [0.25, 0.3) is 0 Å². The molecular formula is C8H11BrO2. The van der Waals surface area contributed by atoms with Crippen LogP contribution in [0.15, 0.2) is 0 Å². The Hall–Kier alpha value is -0.0500. The molecule has 0 radical (unpaired) electrons. The van der Waals surface area contributed by atoms with Crippen LogP contribution in [0.3, 0.4) is 0 Å². The zero-order valence-corrected chi connectivity index (χ0v) is 7.84. The average molecular weight is 219 g/mol. The van der Waals surface area contributed by atoms with E-state index in [1.807, 2.05) is 0 Å². The summed E-state index contributed by atoms with van der Waals surface area (Å²) in [6.45, 7) is 0. The van der Waals surface area contributed by atoms with Gasteiger partial charge >= 0.3 is 5.97 Å². The van der Waals surface area contributed by atoms with Crippen molar-refractivity contribution in [1.82, 2.24) is 0 Å². The first-order valence-corrected chi connectivity index (χ1v) is 5.02. The Kier molecular flexibility index (Phi) is 1.91. The lowest BCUT2D eigenvalue weighted by Crippen LogP contribution is -2.30. The molecule has 0 aromatic rings.